The maximum Gasteiger partial charge on any atom is 0.341 e. The Kier molecular flexibility index (Phi) is 12.4. The number of esters is 2. The molecule has 0 bridgehead atoms. The molecule has 0 fully saturated rings. The number of hydrogen-bond acceptors (Lipinski definition) is 13. The molecule has 242 valence electrons. The number of anilines is 1. The van der Waals surface area contributed by atoms with Crippen LogP contribution in [0.5, 0.6) is 34.8 Å². The highest BCUT2D eigenvalue weighted by Crippen LogP contribution is 2.40. The number of nitro benzene ring substituents is 1. The Balaban J connectivity index is 0.000000251. The van der Waals surface area contributed by atoms with Crippen LogP contribution < -0.4 is 24.7 Å². The predicted octanol–water partition coefficient (Wildman–Crippen LogP) is 7.44. The maximum atomic E-state index is 11.7. The van der Waals surface area contributed by atoms with E-state index in [-0.39, 0.29) is 71.7 Å². The van der Waals surface area contributed by atoms with Crippen LogP contribution in [0.3, 0.4) is 0 Å². The average molecular weight is 716 g/mol. The molecule has 0 unspecified atom stereocenters. The van der Waals surface area contributed by atoms with Gasteiger partial charge in [0.25, 0.3) is 5.69 Å². The highest BCUT2D eigenvalue weighted by atomic mass is 35.5. The Bertz CT molecular complexity index is 1750. The summed E-state index contributed by atoms with van der Waals surface area (Å²) in [5, 5.41) is 11.1. The summed E-state index contributed by atoms with van der Waals surface area (Å²) in [5.74, 6) is -0.547. The molecule has 0 aliphatic heterocycles. The minimum absolute atomic E-state index is 0.0196. The number of nitrogen functional groups attached to an aromatic ring is 1. The number of hydrogen-bond donors (Lipinski definition) is 1. The minimum atomic E-state index is -0.653. The molecule has 0 radical (unpaired) electrons. The Morgan fingerprint density at radius 1 is 0.696 bits per heavy atom. The second kappa shape index (κ2) is 16.0. The number of carbonyl (C=O) groups is 2. The first-order chi connectivity index (χ1) is 21.8. The van der Waals surface area contributed by atoms with Gasteiger partial charge in [-0.25, -0.2) is 19.6 Å². The van der Waals surface area contributed by atoms with E-state index in [1.54, 1.807) is 0 Å². The van der Waals surface area contributed by atoms with Crippen molar-refractivity contribution >= 4 is 69.7 Å². The monoisotopic (exact) mass is 714 g/mol. The number of methoxy groups -OCH3 is 4. The molecule has 2 aromatic carbocycles. The van der Waals surface area contributed by atoms with Crippen LogP contribution in [0.15, 0.2) is 48.8 Å². The van der Waals surface area contributed by atoms with E-state index in [1.165, 1.54) is 65.1 Å². The van der Waals surface area contributed by atoms with Crippen LogP contribution in [0.2, 0.25) is 20.1 Å². The quantitative estimate of drug-likeness (QED) is 0.0781. The highest BCUT2D eigenvalue weighted by Gasteiger charge is 2.20. The van der Waals surface area contributed by atoms with E-state index < -0.39 is 16.9 Å². The molecule has 14 nitrogen and oxygen atoms in total. The number of nitro groups is 1. The van der Waals surface area contributed by atoms with Crippen molar-refractivity contribution in [1.29, 1.82) is 0 Å². The van der Waals surface area contributed by atoms with Crippen molar-refractivity contribution in [2.45, 2.75) is 0 Å². The van der Waals surface area contributed by atoms with Crippen molar-refractivity contribution in [3.05, 3.63) is 90.1 Å². The number of ether oxygens (including phenoxy) is 6. The smallest absolute Gasteiger partial charge is 0.341 e. The first-order valence-electron chi connectivity index (χ1n) is 12.3. The summed E-state index contributed by atoms with van der Waals surface area (Å²) >= 11 is 24.0. The Labute approximate surface area is 280 Å². The SMILES string of the molecule is COC(=O)c1cc(Oc2c(Cl)cc(N)cc2Cl)ncc1OC.COC(=O)c1cc(Oc2c(Cl)cc([N+](=O)[O-])cc2Cl)ncc1OC. The third-order valence-electron chi connectivity index (χ3n) is 5.56. The largest absolute Gasteiger partial charge is 0.494 e. The lowest BCUT2D eigenvalue weighted by molar-refractivity contribution is -0.384. The summed E-state index contributed by atoms with van der Waals surface area (Å²) in [6.07, 6.45) is 2.59. The third-order valence-corrected chi connectivity index (χ3v) is 6.69. The number of carbonyl (C=O) groups excluding carboxylic acids is 2. The van der Waals surface area contributed by atoms with Crippen molar-refractivity contribution in [3.8, 4) is 34.8 Å². The highest BCUT2D eigenvalue weighted by molar-refractivity contribution is 6.38. The van der Waals surface area contributed by atoms with E-state index in [0.717, 1.165) is 12.1 Å². The fourth-order valence-corrected chi connectivity index (χ4v) is 4.59. The van der Waals surface area contributed by atoms with Gasteiger partial charge in [0.05, 0.1) is 65.8 Å². The number of pyridine rings is 2. The fourth-order valence-electron chi connectivity index (χ4n) is 3.46. The summed E-state index contributed by atoms with van der Waals surface area (Å²) in [6, 6.07) is 7.81. The first kappa shape index (κ1) is 35.7. The average Bonchev–Trinajstić information content (AvgIpc) is 3.03. The zero-order valence-corrected chi connectivity index (χ0v) is 27.2. The maximum absolute atomic E-state index is 11.7. The third kappa shape index (κ3) is 8.69. The lowest BCUT2D eigenvalue weighted by Crippen LogP contribution is -2.05. The van der Waals surface area contributed by atoms with Gasteiger partial charge in [-0.15, -0.1) is 0 Å². The number of benzene rings is 2. The second-order valence-corrected chi connectivity index (χ2v) is 10.1. The zero-order valence-electron chi connectivity index (χ0n) is 24.1. The number of non-ortho nitro benzene ring substituents is 1. The molecular weight excluding hydrogens is 694 g/mol. The molecule has 0 saturated carbocycles. The van der Waals surface area contributed by atoms with E-state index in [1.807, 2.05) is 0 Å². The normalized spacial score (nSPS) is 10.2. The van der Waals surface area contributed by atoms with Gasteiger partial charge in [-0.2, -0.15) is 0 Å². The van der Waals surface area contributed by atoms with Crippen LogP contribution in [0.4, 0.5) is 11.4 Å². The van der Waals surface area contributed by atoms with Gasteiger partial charge in [0.2, 0.25) is 11.8 Å². The van der Waals surface area contributed by atoms with Crippen LogP contribution in [0.1, 0.15) is 20.7 Å². The molecule has 0 aliphatic rings. The summed E-state index contributed by atoms with van der Waals surface area (Å²) in [4.78, 5) is 41.6. The molecule has 4 aromatic rings. The molecule has 0 atom stereocenters. The van der Waals surface area contributed by atoms with Crippen molar-refractivity contribution in [1.82, 2.24) is 9.97 Å². The lowest BCUT2D eigenvalue weighted by atomic mass is 10.2. The van der Waals surface area contributed by atoms with Gasteiger partial charge in [-0.1, -0.05) is 46.4 Å². The number of nitrogens with two attached hydrogens (primary N) is 1. The van der Waals surface area contributed by atoms with Crippen molar-refractivity contribution in [3.63, 3.8) is 0 Å². The Morgan fingerprint density at radius 2 is 1.07 bits per heavy atom. The zero-order chi connectivity index (χ0) is 34.1. The standard InChI is InChI=1S/C14H10Cl2N2O6.C14H12Cl2N2O4/c1-22-11-6-17-12(5-8(11)14(19)23-2)24-13-9(15)3-7(18(20)21)4-10(13)16;1-20-11-6-18-12(5-8(11)14(19)21-2)22-13-9(15)3-7(17)4-10(13)16/h3-6H,1-2H3;3-6H,17H2,1-2H3. The van der Waals surface area contributed by atoms with E-state index in [4.69, 9.17) is 71.1 Å². The van der Waals surface area contributed by atoms with Gasteiger partial charge in [0, 0.05) is 30.0 Å². The van der Waals surface area contributed by atoms with E-state index in [9.17, 15) is 19.7 Å². The van der Waals surface area contributed by atoms with Crippen LogP contribution in [0.25, 0.3) is 0 Å². The van der Waals surface area contributed by atoms with Crippen LogP contribution >= 0.6 is 46.4 Å². The van der Waals surface area contributed by atoms with Crippen LogP contribution in [0, 0.1) is 10.1 Å². The molecule has 4 rings (SSSR count). The molecular formula is C28H22Cl4N4O10. The van der Waals surface area contributed by atoms with Crippen LogP contribution in [-0.2, 0) is 9.47 Å². The van der Waals surface area contributed by atoms with Gasteiger partial charge in [-0.05, 0) is 12.1 Å². The molecule has 46 heavy (non-hydrogen) atoms. The van der Waals surface area contributed by atoms with Crippen LogP contribution in [-0.4, -0.2) is 55.3 Å². The molecule has 2 N–H and O–H groups in total. The van der Waals surface area contributed by atoms with Gasteiger partial charge in [-0.3, -0.25) is 10.1 Å². The predicted molar refractivity (Wildman–Crippen MR) is 168 cm³/mol. The Hall–Kier alpha value is -4.76. The van der Waals surface area contributed by atoms with Crippen molar-refractivity contribution < 1.29 is 42.9 Å². The van der Waals surface area contributed by atoms with E-state index in [0.29, 0.717) is 5.69 Å². The first-order valence-corrected chi connectivity index (χ1v) is 13.8. The van der Waals surface area contributed by atoms with Gasteiger partial charge >= 0.3 is 11.9 Å². The second-order valence-electron chi connectivity index (χ2n) is 8.44. The van der Waals surface area contributed by atoms with Gasteiger partial charge < -0.3 is 34.2 Å². The number of rotatable bonds is 9. The summed E-state index contributed by atoms with van der Waals surface area (Å²) in [7, 11) is 5.26. The number of halogens is 4. The number of nitrogens with zero attached hydrogens (tertiary/aromatic N) is 3. The molecule has 0 aliphatic carbocycles. The summed E-state index contributed by atoms with van der Waals surface area (Å²) in [6.45, 7) is 0. The molecule has 0 saturated heterocycles. The van der Waals surface area contributed by atoms with E-state index in [2.05, 4.69) is 19.4 Å². The molecule has 2 heterocycles. The number of aromatic nitrogens is 2. The Morgan fingerprint density at radius 3 is 1.39 bits per heavy atom. The molecule has 0 spiro atoms. The minimum Gasteiger partial charge on any atom is -0.494 e. The molecule has 18 heteroatoms. The topological polar surface area (TPSA) is 184 Å². The van der Waals surface area contributed by atoms with E-state index >= 15 is 0 Å². The van der Waals surface area contributed by atoms with Gasteiger partial charge in [0.1, 0.15) is 11.1 Å². The van der Waals surface area contributed by atoms with Gasteiger partial charge in [0.15, 0.2) is 23.0 Å². The van der Waals surface area contributed by atoms with Crippen molar-refractivity contribution in [2.75, 3.05) is 34.2 Å². The molecule has 0 amide bonds. The molecule has 2 aromatic heterocycles. The fraction of sp³-hybridized carbons (Fsp3) is 0.143. The summed E-state index contributed by atoms with van der Waals surface area (Å²) in [5.41, 5.74) is 5.99. The lowest BCUT2D eigenvalue weighted by Gasteiger charge is -2.11. The van der Waals surface area contributed by atoms with Crippen molar-refractivity contribution in [2.24, 2.45) is 0 Å². The summed E-state index contributed by atoms with van der Waals surface area (Å²) < 4.78 is 30.4.